The minimum absolute atomic E-state index is 0.0511. The van der Waals surface area contributed by atoms with Crippen LogP contribution in [-0.2, 0) is 4.79 Å². The Labute approximate surface area is 137 Å². The lowest BCUT2D eigenvalue weighted by atomic mass is 9.78. The second kappa shape index (κ2) is 7.81. The van der Waals surface area contributed by atoms with Crippen molar-refractivity contribution in [2.24, 2.45) is 23.0 Å². The van der Waals surface area contributed by atoms with Crippen molar-refractivity contribution in [2.75, 3.05) is 13.1 Å². The van der Waals surface area contributed by atoms with Crippen LogP contribution < -0.4 is 5.73 Å². The van der Waals surface area contributed by atoms with Crippen LogP contribution in [0.15, 0.2) is 0 Å². The Hall–Kier alpha value is -0.570. The Bertz CT molecular complexity index is 360. The predicted octanol–water partition coefficient (Wildman–Crippen LogP) is 3.96. The summed E-state index contributed by atoms with van der Waals surface area (Å²) in [7, 11) is 0. The molecule has 0 aromatic carbocycles. The number of amides is 1. The van der Waals surface area contributed by atoms with Gasteiger partial charge in [0.1, 0.15) is 0 Å². The third kappa shape index (κ3) is 4.47. The van der Waals surface area contributed by atoms with Crippen LogP contribution in [-0.4, -0.2) is 29.9 Å². The summed E-state index contributed by atoms with van der Waals surface area (Å²) in [6.45, 7) is 8.30. The van der Waals surface area contributed by atoms with E-state index in [0.717, 1.165) is 44.7 Å². The first-order valence-corrected chi connectivity index (χ1v) is 9.48. The Morgan fingerprint density at radius 2 is 1.91 bits per heavy atom. The molecule has 0 aromatic rings. The minimum Gasteiger partial charge on any atom is -0.342 e. The van der Waals surface area contributed by atoms with E-state index in [1.54, 1.807) is 0 Å². The molecule has 2 rings (SSSR count). The van der Waals surface area contributed by atoms with Crippen LogP contribution in [0.3, 0.4) is 0 Å². The van der Waals surface area contributed by atoms with Gasteiger partial charge in [-0.15, -0.1) is 0 Å². The highest BCUT2D eigenvalue weighted by Gasteiger charge is 2.37. The number of hydrogen-bond donors (Lipinski definition) is 1. The summed E-state index contributed by atoms with van der Waals surface area (Å²) in [5.74, 6) is 1.44. The van der Waals surface area contributed by atoms with Crippen molar-refractivity contribution in [3.8, 4) is 0 Å². The first-order chi connectivity index (χ1) is 10.4. The third-order valence-corrected chi connectivity index (χ3v) is 5.95. The SMILES string of the molecule is CCCC(CC1CCCCC1)C(=O)N1CCC(N)C(C)(C)C1. The van der Waals surface area contributed by atoms with Gasteiger partial charge in [0.05, 0.1) is 0 Å². The van der Waals surface area contributed by atoms with Crippen molar-refractivity contribution in [1.29, 1.82) is 0 Å². The highest BCUT2D eigenvalue weighted by Crippen LogP contribution is 2.33. The van der Waals surface area contributed by atoms with Gasteiger partial charge in [0.15, 0.2) is 0 Å². The van der Waals surface area contributed by atoms with Gasteiger partial charge in [-0.3, -0.25) is 4.79 Å². The molecule has 2 atom stereocenters. The summed E-state index contributed by atoms with van der Waals surface area (Å²) in [6.07, 6.45) is 11.0. The van der Waals surface area contributed by atoms with E-state index < -0.39 is 0 Å². The molecule has 3 heteroatoms. The summed E-state index contributed by atoms with van der Waals surface area (Å²) in [5, 5.41) is 0. The van der Waals surface area contributed by atoms with E-state index in [1.165, 1.54) is 32.1 Å². The summed E-state index contributed by atoms with van der Waals surface area (Å²) >= 11 is 0. The highest BCUT2D eigenvalue weighted by atomic mass is 16.2. The summed E-state index contributed by atoms with van der Waals surface area (Å²) in [4.78, 5) is 15.2. The zero-order valence-corrected chi connectivity index (χ0v) is 14.9. The number of piperidine rings is 1. The first-order valence-electron chi connectivity index (χ1n) is 9.48. The zero-order chi connectivity index (χ0) is 16.2. The van der Waals surface area contributed by atoms with Crippen LogP contribution >= 0.6 is 0 Å². The number of rotatable bonds is 5. The third-order valence-electron chi connectivity index (χ3n) is 5.95. The van der Waals surface area contributed by atoms with Gasteiger partial charge < -0.3 is 10.6 Å². The molecule has 0 aromatic heterocycles. The number of likely N-dealkylation sites (tertiary alicyclic amines) is 1. The molecule has 0 radical (unpaired) electrons. The standard InChI is InChI=1S/C19H36N2O/c1-4-8-16(13-15-9-6-5-7-10-15)18(22)21-12-11-17(20)19(2,3)14-21/h15-17H,4-14,20H2,1-3H3. The smallest absolute Gasteiger partial charge is 0.225 e. The van der Waals surface area contributed by atoms with Crippen molar-refractivity contribution in [3.05, 3.63) is 0 Å². The maximum absolute atomic E-state index is 13.0. The maximum atomic E-state index is 13.0. The largest absolute Gasteiger partial charge is 0.342 e. The van der Waals surface area contributed by atoms with Gasteiger partial charge in [0.2, 0.25) is 5.91 Å². The molecular weight excluding hydrogens is 272 g/mol. The van der Waals surface area contributed by atoms with E-state index in [2.05, 4.69) is 25.7 Å². The molecule has 22 heavy (non-hydrogen) atoms. The molecule has 1 saturated heterocycles. The summed E-state index contributed by atoms with van der Waals surface area (Å²) in [6, 6.07) is 0.222. The summed E-state index contributed by atoms with van der Waals surface area (Å²) < 4.78 is 0. The van der Waals surface area contributed by atoms with Crippen LogP contribution in [0.5, 0.6) is 0 Å². The zero-order valence-electron chi connectivity index (χ0n) is 14.9. The molecule has 2 unspecified atom stereocenters. The number of nitrogens with zero attached hydrogens (tertiary/aromatic N) is 1. The molecule has 1 amide bonds. The molecule has 2 fully saturated rings. The van der Waals surface area contributed by atoms with Crippen molar-refractivity contribution >= 4 is 5.91 Å². The predicted molar refractivity (Wildman–Crippen MR) is 92.5 cm³/mol. The van der Waals surface area contributed by atoms with Crippen molar-refractivity contribution in [2.45, 2.75) is 84.6 Å². The molecule has 2 aliphatic rings. The van der Waals surface area contributed by atoms with Crippen LogP contribution in [0, 0.1) is 17.3 Å². The lowest BCUT2D eigenvalue weighted by molar-refractivity contribution is -0.140. The van der Waals surface area contributed by atoms with E-state index in [9.17, 15) is 4.79 Å². The van der Waals surface area contributed by atoms with Crippen molar-refractivity contribution < 1.29 is 4.79 Å². The minimum atomic E-state index is 0.0511. The monoisotopic (exact) mass is 308 g/mol. The normalized spacial score (nSPS) is 27.6. The molecule has 1 aliphatic carbocycles. The van der Waals surface area contributed by atoms with Crippen LogP contribution in [0.25, 0.3) is 0 Å². The number of nitrogens with two attached hydrogens (primary N) is 1. The maximum Gasteiger partial charge on any atom is 0.225 e. The molecule has 1 saturated carbocycles. The molecular formula is C19H36N2O. The van der Waals surface area contributed by atoms with Gasteiger partial charge in [0.25, 0.3) is 0 Å². The van der Waals surface area contributed by atoms with E-state index in [0.29, 0.717) is 5.91 Å². The molecule has 2 N–H and O–H groups in total. The fourth-order valence-electron chi connectivity index (χ4n) is 4.34. The van der Waals surface area contributed by atoms with E-state index in [4.69, 9.17) is 5.73 Å². The number of hydrogen-bond acceptors (Lipinski definition) is 2. The molecule has 1 aliphatic heterocycles. The molecule has 128 valence electrons. The lowest BCUT2D eigenvalue weighted by Gasteiger charge is -2.44. The van der Waals surface area contributed by atoms with E-state index in [-0.39, 0.29) is 17.4 Å². The average Bonchev–Trinajstić information content (AvgIpc) is 2.50. The number of carbonyl (C=O) groups excluding carboxylic acids is 1. The Morgan fingerprint density at radius 1 is 1.23 bits per heavy atom. The fourth-order valence-corrected chi connectivity index (χ4v) is 4.34. The second-order valence-corrected chi connectivity index (χ2v) is 8.37. The molecule has 1 heterocycles. The Balaban J connectivity index is 1.96. The Morgan fingerprint density at radius 3 is 2.50 bits per heavy atom. The van der Waals surface area contributed by atoms with E-state index in [1.807, 2.05) is 0 Å². The van der Waals surface area contributed by atoms with Gasteiger partial charge in [0, 0.05) is 25.0 Å². The van der Waals surface area contributed by atoms with Gasteiger partial charge in [-0.2, -0.15) is 0 Å². The number of carbonyl (C=O) groups is 1. The van der Waals surface area contributed by atoms with Gasteiger partial charge in [-0.05, 0) is 30.6 Å². The first kappa shape index (κ1) is 17.8. The van der Waals surface area contributed by atoms with Gasteiger partial charge in [-0.25, -0.2) is 0 Å². The quantitative estimate of drug-likeness (QED) is 0.835. The summed E-state index contributed by atoms with van der Waals surface area (Å²) in [5.41, 5.74) is 6.27. The van der Waals surface area contributed by atoms with Crippen LogP contribution in [0.2, 0.25) is 0 Å². The van der Waals surface area contributed by atoms with Gasteiger partial charge in [-0.1, -0.05) is 59.3 Å². The lowest BCUT2D eigenvalue weighted by Crippen LogP contribution is -2.55. The fraction of sp³-hybridized carbons (Fsp3) is 0.947. The second-order valence-electron chi connectivity index (χ2n) is 8.37. The Kier molecular flexibility index (Phi) is 6.31. The van der Waals surface area contributed by atoms with Crippen LogP contribution in [0.1, 0.15) is 78.6 Å². The molecule has 0 spiro atoms. The molecule has 3 nitrogen and oxygen atoms in total. The molecule has 0 bridgehead atoms. The van der Waals surface area contributed by atoms with Crippen molar-refractivity contribution in [1.82, 2.24) is 4.90 Å². The van der Waals surface area contributed by atoms with Crippen LogP contribution in [0.4, 0.5) is 0 Å². The van der Waals surface area contributed by atoms with E-state index >= 15 is 0 Å². The average molecular weight is 309 g/mol. The van der Waals surface area contributed by atoms with Crippen molar-refractivity contribution in [3.63, 3.8) is 0 Å². The topological polar surface area (TPSA) is 46.3 Å². The van der Waals surface area contributed by atoms with Gasteiger partial charge >= 0.3 is 0 Å². The highest BCUT2D eigenvalue weighted by molar-refractivity contribution is 5.79.